The number of hydrogen-bond donors (Lipinski definition) is 0. The number of hydrogen-bond acceptors (Lipinski definition) is 4. The lowest BCUT2D eigenvalue weighted by Gasteiger charge is -2.31. The molecule has 110 valence electrons. The molecule has 2 atom stereocenters. The molecule has 2 unspecified atom stereocenters. The minimum absolute atomic E-state index is 0.483. The van der Waals surface area contributed by atoms with E-state index in [9.17, 15) is 0 Å². The van der Waals surface area contributed by atoms with Crippen LogP contribution >= 0.6 is 0 Å². The molecule has 5 nitrogen and oxygen atoms in total. The topological polar surface area (TPSA) is 43.2 Å². The van der Waals surface area contributed by atoms with E-state index >= 15 is 0 Å². The molecule has 1 aromatic rings. The molecular formula is C15H24N4O. The number of fused-ring (bicyclic) bond motifs is 2. The summed E-state index contributed by atoms with van der Waals surface area (Å²) in [5, 5.41) is 4.72. The van der Waals surface area contributed by atoms with E-state index in [1.807, 2.05) is 0 Å². The third kappa shape index (κ3) is 2.37. The molecule has 1 aromatic heterocycles. The van der Waals surface area contributed by atoms with Crippen LogP contribution in [-0.2, 0) is 11.3 Å². The quantitative estimate of drug-likeness (QED) is 0.840. The maximum absolute atomic E-state index is 5.88. The number of nitrogens with zero attached hydrogens (tertiary/aromatic N) is 4. The second-order valence-corrected chi connectivity index (χ2v) is 6.59. The fourth-order valence-electron chi connectivity index (χ4n) is 3.61. The summed E-state index contributed by atoms with van der Waals surface area (Å²) < 4.78 is 7.99. The summed E-state index contributed by atoms with van der Waals surface area (Å²) in [6, 6.07) is 0. The first-order valence-electron chi connectivity index (χ1n) is 8.07. The molecule has 0 radical (unpaired) electrons. The van der Waals surface area contributed by atoms with Gasteiger partial charge in [0.15, 0.2) is 5.82 Å². The molecule has 2 saturated heterocycles. The Kier molecular flexibility index (Phi) is 3.27. The van der Waals surface area contributed by atoms with Gasteiger partial charge < -0.3 is 4.74 Å². The molecule has 0 N–H and O–H groups in total. The van der Waals surface area contributed by atoms with Crippen molar-refractivity contribution in [1.29, 1.82) is 0 Å². The van der Waals surface area contributed by atoms with Crippen LogP contribution in [0, 0.1) is 6.92 Å². The third-order valence-electron chi connectivity index (χ3n) is 5.09. The Balaban J connectivity index is 1.35. The maximum atomic E-state index is 5.88. The van der Waals surface area contributed by atoms with Gasteiger partial charge in [-0.2, -0.15) is 5.10 Å². The van der Waals surface area contributed by atoms with Crippen LogP contribution in [0.15, 0.2) is 0 Å². The predicted octanol–water partition coefficient (Wildman–Crippen LogP) is 1.72. The number of aromatic nitrogens is 3. The van der Waals surface area contributed by atoms with Gasteiger partial charge in [0.05, 0.1) is 18.8 Å². The number of ether oxygens (including phenoxy) is 1. The van der Waals surface area contributed by atoms with Gasteiger partial charge in [-0.05, 0) is 32.6 Å². The zero-order valence-corrected chi connectivity index (χ0v) is 12.3. The van der Waals surface area contributed by atoms with Gasteiger partial charge in [-0.3, -0.25) is 4.90 Å². The summed E-state index contributed by atoms with van der Waals surface area (Å²) in [6.45, 7) is 6.31. The van der Waals surface area contributed by atoms with E-state index in [0.29, 0.717) is 18.1 Å². The van der Waals surface area contributed by atoms with Crippen LogP contribution in [0.3, 0.4) is 0 Å². The molecule has 3 heterocycles. The highest BCUT2D eigenvalue weighted by Crippen LogP contribution is 2.34. The van der Waals surface area contributed by atoms with Crippen molar-refractivity contribution >= 4 is 0 Å². The van der Waals surface area contributed by atoms with E-state index in [4.69, 9.17) is 9.84 Å². The second kappa shape index (κ2) is 5.11. The maximum Gasteiger partial charge on any atom is 0.154 e. The highest BCUT2D eigenvalue weighted by atomic mass is 16.5. The molecule has 1 aliphatic carbocycles. The molecule has 5 heteroatoms. The van der Waals surface area contributed by atoms with Gasteiger partial charge in [0.1, 0.15) is 5.82 Å². The van der Waals surface area contributed by atoms with Crippen molar-refractivity contribution in [3.63, 3.8) is 0 Å². The van der Waals surface area contributed by atoms with Gasteiger partial charge in [-0.25, -0.2) is 9.67 Å². The lowest BCUT2D eigenvalue weighted by atomic mass is 9.85. The first-order chi connectivity index (χ1) is 9.78. The molecule has 1 saturated carbocycles. The van der Waals surface area contributed by atoms with Gasteiger partial charge in [-0.1, -0.05) is 6.42 Å². The van der Waals surface area contributed by atoms with Crippen molar-refractivity contribution in [3.05, 3.63) is 11.6 Å². The van der Waals surface area contributed by atoms with Gasteiger partial charge in [0, 0.05) is 25.6 Å². The van der Waals surface area contributed by atoms with E-state index in [2.05, 4.69) is 21.5 Å². The van der Waals surface area contributed by atoms with Crippen LogP contribution < -0.4 is 0 Å². The Morgan fingerprint density at radius 2 is 1.85 bits per heavy atom. The number of morpholine rings is 1. The molecule has 2 bridgehead atoms. The van der Waals surface area contributed by atoms with E-state index in [-0.39, 0.29) is 0 Å². The first-order valence-corrected chi connectivity index (χ1v) is 8.07. The lowest BCUT2D eigenvalue weighted by molar-refractivity contribution is -0.0392. The fraction of sp³-hybridized carbons (Fsp3) is 0.867. The molecule has 4 rings (SSSR count). The Bertz CT molecular complexity index is 470. The number of likely N-dealkylation sites (tertiary alicyclic amines) is 1. The van der Waals surface area contributed by atoms with Crippen LogP contribution in [0.25, 0.3) is 0 Å². The smallest absolute Gasteiger partial charge is 0.154 e. The zero-order chi connectivity index (χ0) is 13.5. The SMILES string of the molecule is Cc1nc(C2CCC2)nn1CCN1CC2CCC(C1)O2. The summed E-state index contributed by atoms with van der Waals surface area (Å²) in [5.41, 5.74) is 0. The Morgan fingerprint density at radius 1 is 1.10 bits per heavy atom. The van der Waals surface area contributed by atoms with Gasteiger partial charge in [-0.15, -0.1) is 0 Å². The molecule has 2 aliphatic heterocycles. The molecule has 20 heavy (non-hydrogen) atoms. The van der Waals surface area contributed by atoms with Crippen LogP contribution in [0.5, 0.6) is 0 Å². The van der Waals surface area contributed by atoms with Crippen LogP contribution in [0.4, 0.5) is 0 Å². The van der Waals surface area contributed by atoms with Crippen LogP contribution in [0.1, 0.15) is 49.7 Å². The van der Waals surface area contributed by atoms with Crippen molar-refractivity contribution < 1.29 is 4.74 Å². The highest BCUT2D eigenvalue weighted by Gasteiger charge is 2.33. The van der Waals surface area contributed by atoms with E-state index < -0.39 is 0 Å². The van der Waals surface area contributed by atoms with Crippen molar-refractivity contribution in [1.82, 2.24) is 19.7 Å². The summed E-state index contributed by atoms with van der Waals surface area (Å²) in [5.74, 6) is 2.79. The zero-order valence-electron chi connectivity index (χ0n) is 12.3. The lowest BCUT2D eigenvalue weighted by Crippen LogP contribution is -2.43. The second-order valence-electron chi connectivity index (χ2n) is 6.59. The van der Waals surface area contributed by atoms with E-state index in [0.717, 1.165) is 37.8 Å². The van der Waals surface area contributed by atoms with Crippen molar-refractivity contribution in [2.45, 2.75) is 63.7 Å². The van der Waals surface area contributed by atoms with Crippen LogP contribution in [0.2, 0.25) is 0 Å². The summed E-state index contributed by atoms with van der Waals surface area (Å²) in [7, 11) is 0. The summed E-state index contributed by atoms with van der Waals surface area (Å²) >= 11 is 0. The normalized spacial score (nSPS) is 30.6. The first kappa shape index (κ1) is 12.8. The minimum Gasteiger partial charge on any atom is -0.372 e. The van der Waals surface area contributed by atoms with Crippen molar-refractivity contribution in [2.75, 3.05) is 19.6 Å². The fourth-order valence-corrected chi connectivity index (χ4v) is 3.61. The predicted molar refractivity (Wildman–Crippen MR) is 75.7 cm³/mol. The van der Waals surface area contributed by atoms with Crippen LogP contribution in [-0.4, -0.2) is 51.5 Å². The van der Waals surface area contributed by atoms with Gasteiger partial charge >= 0.3 is 0 Å². The summed E-state index contributed by atoms with van der Waals surface area (Å²) in [6.07, 6.45) is 7.35. The average Bonchev–Trinajstić information content (AvgIpc) is 2.88. The highest BCUT2D eigenvalue weighted by molar-refractivity contribution is 5.02. The molecule has 3 fully saturated rings. The Hall–Kier alpha value is -0.940. The third-order valence-corrected chi connectivity index (χ3v) is 5.09. The van der Waals surface area contributed by atoms with E-state index in [1.165, 1.54) is 32.1 Å². The monoisotopic (exact) mass is 276 g/mol. The molecule has 3 aliphatic rings. The standard InChI is InChI=1S/C15H24N4O/c1-11-16-15(12-3-2-4-12)17-19(11)8-7-18-9-13-5-6-14(10-18)20-13/h12-14H,2-10H2,1H3. The molecule has 0 spiro atoms. The Morgan fingerprint density at radius 3 is 2.50 bits per heavy atom. The average molecular weight is 276 g/mol. The molecule has 0 aromatic carbocycles. The molecule has 0 amide bonds. The Labute approximate surface area is 120 Å². The van der Waals surface area contributed by atoms with Crippen molar-refractivity contribution in [3.8, 4) is 0 Å². The minimum atomic E-state index is 0.483. The van der Waals surface area contributed by atoms with Gasteiger partial charge in [0.2, 0.25) is 0 Å². The van der Waals surface area contributed by atoms with E-state index in [1.54, 1.807) is 0 Å². The summed E-state index contributed by atoms with van der Waals surface area (Å²) in [4.78, 5) is 7.18. The van der Waals surface area contributed by atoms with Gasteiger partial charge in [0.25, 0.3) is 0 Å². The molecular weight excluding hydrogens is 252 g/mol. The number of aryl methyl sites for hydroxylation is 1. The largest absolute Gasteiger partial charge is 0.372 e. The number of rotatable bonds is 4. The van der Waals surface area contributed by atoms with Crippen molar-refractivity contribution in [2.24, 2.45) is 0 Å².